The Morgan fingerprint density at radius 2 is 1.64 bits per heavy atom. The Hall–Kier alpha value is -1.44. The lowest BCUT2D eigenvalue weighted by Gasteiger charge is -2.34. The fraction of sp³-hybridized carbons (Fsp3) is 0.857. The number of alkyl halides is 2. The summed E-state index contributed by atoms with van der Waals surface area (Å²) in [5.74, 6) is -3.75. The molecule has 0 saturated carbocycles. The van der Waals surface area contributed by atoms with Gasteiger partial charge in [0.2, 0.25) is 5.91 Å². The van der Waals surface area contributed by atoms with E-state index in [-0.39, 0.29) is 17.9 Å². The molecule has 0 spiro atoms. The molecule has 2 heterocycles. The summed E-state index contributed by atoms with van der Waals surface area (Å²) >= 11 is 0. The van der Waals surface area contributed by atoms with Gasteiger partial charge in [-0.05, 0) is 25.7 Å². The molecule has 0 radical (unpaired) electrons. The van der Waals surface area contributed by atoms with Crippen molar-refractivity contribution in [1.82, 2.24) is 15.1 Å². The topological polar surface area (TPSA) is 78.7 Å². The van der Waals surface area contributed by atoms with E-state index in [1.807, 2.05) is 4.90 Å². The van der Waals surface area contributed by atoms with E-state index in [2.05, 4.69) is 5.32 Å². The highest BCUT2D eigenvalue weighted by Gasteiger charge is 2.32. The lowest BCUT2D eigenvalue weighted by atomic mass is 9.96. The average Bonchev–Trinajstić information content (AvgIpc) is 3.06. The molecule has 0 aromatic carbocycles. The van der Waals surface area contributed by atoms with E-state index in [4.69, 9.17) is 5.73 Å². The smallest absolute Gasteiger partial charge is 0.319 e. The summed E-state index contributed by atoms with van der Waals surface area (Å²) in [6.07, 6.45) is 3.11. The summed E-state index contributed by atoms with van der Waals surface area (Å²) in [5, 5.41) is 2.26. The Labute approximate surface area is 129 Å². The Morgan fingerprint density at radius 1 is 1.09 bits per heavy atom. The van der Waals surface area contributed by atoms with Crippen LogP contribution in [0.15, 0.2) is 0 Å². The summed E-state index contributed by atoms with van der Waals surface area (Å²) in [5.41, 5.74) is 4.93. The van der Waals surface area contributed by atoms with E-state index in [9.17, 15) is 18.4 Å². The van der Waals surface area contributed by atoms with E-state index >= 15 is 0 Å². The molecule has 2 saturated heterocycles. The van der Waals surface area contributed by atoms with Crippen LogP contribution in [0.2, 0.25) is 0 Å². The zero-order valence-corrected chi connectivity index (χ0v) is 12.7. The molecule has 0 unspecified atom stereocenters. The second-order valence-corrected chi connectivity index (χ2v) is 6.02. The van der Waals surface area contributed by atoms with Crippen LogP contribution < -0.4 is 11.1 Å². The molecular weight excluding hydrogens is 294 g/mol. The van der Waals surface area contributed by atoms with Gasteiger partial charge in [0.25, 0.3) is 5.92 Å². The van der Waals surface area contributed by atoms with Gasteiger partial charge in [0.05, 0.1) is 13.1 Å². The molecule has 126 valence electrons. The average molecular weight is 318 g/mol. The van der Waals surface area contributed by atoms with Gasteiger partial charge >= 0.3 is 6.03 Å². The number of carbonyl (C=O) groups excluding carboxylic acids is 2. The van der Waals surface area contributed by atoms with Gasteiger partial charge in [-0.3, -0.25) is 4.79 Å². The Kier molecular flexibility index (Phi) is 5.55. The minimum Gasteiger partial charge on any atom is -0.350 e. The number of hydrogen-bond acceptors (Lipinski definition) is 3. The van der Waals surface area contributed by atoms with Gasteiger partial charge in [0.1, 0.15) is 0 Å². The number of urea groups is 1. The van der Waals surface area contributed by atoms with Crippen molar-refractivity contribution in [3.05, 3.63) is 0 Å². The normalized spacial score (nSPS) is 20.3. The summed E-state index contributed by atoms with van der Waals surface area (Å²) in [4.78, 5) is 27.7. The van der Waals surface area contributed by atoms with Crippen molar-refractivity contribution >= 4 is 11.9 Å². The number of nitrogens with two attached hydrogens (primary N) is 1. The van der Waals surface area contributed by atoms with Crippen LogP contribution in [-0.2, 0) is 4.79 Å². The van der Waals surface area contributed by atoms with Crippen molar-refractivity contribution in [3.8, 4) is 0 Å². The van der Waals surface area contributed by atoms with Crippen LogP contribution in [0.4, 0.5) is 13.6 Å². The predicted molar refractivity (Wildman–Crippen MR) is 77.5 cm³/mol. The van der Waals surface area contributed by atoms with Crippen LogP contribution in [0.25, 0.3) is 0 Å². The third-order valence-electron chi connectivity index (χ3n) is 4.33. The first kappa shape index (κ1) is 16.9. The predicted octanol–water partition coefficient (Wildman–Crippen LogP) is 0.624. The minimum atomic E-state index is -3.07. The van der Waals surface area contributed by atoms with Gasteiger partial charge in [-0.25, -0.2) is 13.6 Å². The summed E-state index contributed by atoms with van der Waals surface area (Å²) in [7, 11) is 0. The van der Waals surface area contributed by atoms with Crippen molar-refractivity contribution in [2.45, 2.75) is 31.6 Å². The van der Waals surface area contributed by atoms with E-state index in [1.165, 1.54) is 0 Å². The summed E-state index contributed by atoms with van der Waals surface area (Å²) in [6, 6.07) is 0.0334. The summed E-state index contributed by atoms with van der Waals surface area (Å²) in [6.45, 7) is 1.09. The molecule has 0 aliphatic carbocycles. The zero-order chi connectivity index (χ0) is 16.2. The SMILES string of the molecule is NCC(F)(F)CNC(=O)C1CCN(C(=O)N2CCCC2)CC1. The van der Waals surface area contributed by atoms with Crippen molar-refractivity contribution in [1.29, 1.82) is 0 Å². The Balaban J connectivity index is 1.74. The number of nitrogens with zero attached hydrogens (tertiary/aromatic N) is 2. The highest BCUT2D eigenvalue weighted by atomic mass is 19.3. The third-order valence-corrected chi connectivity index (χ3v) is 4.33. The number of likely N-dealkylation sites (tertiary alicyclic amines) is 2. The molecule has 6 nitrogen and oxygen atoms in total. The minimum absolute atomic E-state index is 0.0334. The van der Waals surface area contributed by atoms with Crippen LogP contribution in [-0.4, -0.2) is 66.9 Å². The van der Waals surface area contributed by atoms with Crippen molar-refractivity contribution in [3.63, 3.8) is 0 Å². The third kappa shape index (κ3) is 4.28. The largest absolute Gasteiger partial charge is 0.350 e. The molecule has 2 fully saturated rings. The van der Waals surface area contributed by atoms with Crippen LogP contribution in [0.5, 0.6) is 0 Å². The number of carbonyl (C=O) groups is 2. The second-order valence-electron chi connectivity index (χ2n) is 6.02. The standard InChI is InChI=1S/C14H24F2N4O2/c15-14(16,9-17)10-18-12(21)11-3-7-20(8-4-11)13(22)19-5-1-2-6-19/h11H,1-10,17H2,(H,18,21). The zero-order valence-electron chi connectivity index (χ0n) is 12.7. The number of hydrogen-bond donors (Lipinski definition) is 2. The molecule has 0 aromatic heterocycles. The fourth-order valence-corrected chi connectivity index (χ4v) is 2.87. The molecule has 2 rings (SSSR count). The first-order valence-corrected chi connectivity index (χ1v) is 7.82. The molecule has 2 aliphatic heterocycles. The number of amides is 3. The Morgan fingerprint density at radius 3 is 2.18 bits per heavy atom. The number of rotatable bonds is 4. The van der Waals surface area contributed by atoms with Crippen molar-refractivity contribution < 1.29 is 18.4 Å². The van der Waals surface area contributed by atoms with E-state index in [0.29, 0.717) is 25.9 Å². The second kappa shape index (κ2) is 7.21. The van der Waals surface area contributed by atoms with Gasteiger partial charge in [0.15, 0.2) is 0 Å². The molecule has 0 bridgehead atoms. The van der Waals surface area contributed by atoms with Crippen LogP contribution >= 0.6 is 0 Å². The fourth-order valence-electron chi connectivity index (χ4n) is 2.87. The molecule has 8 heteroatoms. The van der Waals surface area contributed by atoms with Crippen LogP contribution in [0.3, 0.4) is 0 Å². The highest BCUT2D eigenvalue weighted by molar-refractivity contribution is 5.79. The van der Waals surface area contributed by atoms with Gasteiger partial charge in [-0.2, -0.15) is 0 Å². The van der Waals surface area contributed by atoms with Crippen molar-refractivity contribution in [2.24, 2.45) is 11.7 Å². The van der Waals surface area contributed by atoms with Gasteiger partial charge < -0.3 is 20.9 Å². The maximum absolute atomic E-state index is 13.0. The molecule has 22 heavy (non-hydrogen) atoms. The first-order chi connectivity index (χ1) is 10.4. The number of piperidine rings is 1. The van der Waals surface area contributed by atoms with Gasteiger partial charge in [-0.15, -0.1) is 0 Å². The van der Waals surface area contributed by atoms with E-state index in [0.717, 1.165) is 25.9 Å². The maximum Gasteiger partial charge on any atom is 0.319 e. The molecule has 3 N–H and O–H groups in total. The molecule has 2 aliphatic rings. The van der Waals surface area contributed by atoms with E-state index in [1.54, 1.807) is 4.90 Å². The number of halogens is 2. The number of nitrogens with one attached hydrogen (secondary N) is 1. The molecule has 3 amide bonds. The Bertz CT molecular complexity index is 406. The lowest BCUT2D eigenvalue weighted by Crippen LogP contribution is -2.49. The highest BCUT2D eigenvalue weighted by Crippen LogP contribution is 2.20. The van der Waals surface area contributed by atoms with Gasteiger partial charge in [0, 0.05) is 32.1 Å². The molecular formula is C14H24F2N4O2. The van der Waals surface area contributed by atoms with E-state index < -0.39 is 19.0 Å². The monoisotopic (exact) mass is 318 g/mol. The van der Waals surface area contributed by atoms with Crippen LogP contribution in [0, 0.1) is 5.92 Å². The van der Waals surface area contributed by atoms with Crippen LogP contribution in [0.1, 0.15) is 25.7 Å². The summed E-state index contributed by atoms with van der Waals surface area (Å²) < 4.78 is 26.0. The quantitative estimate of drug-likeness (QED) is 0.798. The molecule has 0 aromatic rings. The van der Waals surface area contributed by atoms with Gasteiger partial charge in [-0.1, -0.05) is 0 Å². The first-order valence-electron chi connectivity index (χ1n) is 7.82. The van der Waals surface area contributed by atoms with Crippen molar-refractivity contribution in [2.75, 3.05) is 39.3 Å². The lowest BCUT2D eigenvalue weighted by molar-refractivity contribution is -0.128. The maximum atomic E-state index is 13.0. The molecule has 0 atom stereocenters.